The van der Waals surface area contributed by atoms with E-state index in [0.717, 1.165) is 53.5 Å². The number of carbonyl (C=O) groups excluding carboxylic acids is 1. The van der Waals surface area contributed by atoms with E-state index in [0.29, 0.717) is 5.92 Å². The summed E-state index contributed by atoms with van der Waals surface area (Å²) in [4.78, 5) is 19.5. The van der Waals surface area contributed by atoms with E-state index in [1.807, 2.05) is 13.1 Å². The Bertz CT molecular complexity index is 1200. The highest BCUT2D eigenvalue weighted by atomic mass is 79.9. The predicted molar refractivity (Wildman–Crippen MR) is 120 cm³/mol. The monoisotopic (exact) mass is 460 g/mol. The van der Waals surface area contributed by atoms with E-state index in [1.165, 1.54) is 17.8 Å². The van der Waals surface area contributed by atoms with Crippen LogP contribution in [-0.2, 0) is 13.6 Å². The molecule has 6 heteroatoms. The van der Waals surface area contributed by atoms with Gasteiger partial charge in [-0.15, -0.1) is 0 Å². The number of amides is 1. The van der Waals surface area contributed by atoms with Crippen molar-refractivity contribution in [2.24, 2.45) is 7.05 Å². The van der Waals surface area contributed by atoms with Crippen LogP contribution in [0.4, 0.5) is 0 Å². The number of carbonyl (C=O) groups is 1. The summed E-state index contributed by atoms with van der Waals surface area (Å²) in [6.07, 6.45) is 3.70. The van der Waals surface area contributed by atoms with E-state index >= 15 is 0 Å². The van der Waals surface area contributed by atoms with Crippen LogP contribution in [0.3, 0.4) is 0 Å². The van der Waals surface area contributed by atoms with Gasteiger partial charge in [-0.2, -0.15) is 0 Å². The SMILES string of the molecule is [2H]C([2H])([2H])N(C(=O)c1ccc(C2CCN(Cc3cc4c(Br)ccnc4n3C)CC2)cc1)C([2H])([2H])[2H]. The fraction of sp³-hybridized carbons (Fsp3) is 0.391. The summed E-state index contributed by atoms with van der Waals surface area (Å²) in [5.74, 6) is -0.706. The fourth-order valence-electron chi connectivity index (χ4n) is 4.07. The number of hydrogen-bond acceptors (Lipinski definition) is 3. The Balaban J connectivity index is 1.40. The Morgan fingerprint density at radius 3 is 2.62 bits per heavy atom. The number of hydrogen-bond donors (Lipinski definition) is 0. The molecular weight excluding hydrogens is 428 g/mol. The lowest BCUT2D eigenvalue weighted by molar-refractivity contribution is 0.0827. The summed E-state index contributed by atoms with van der Waals surface area (Å²) in [7, 11) is 2.03. The predicted octanol–water partition coefficient (Wildman–Crippen LogP) is 4.42. The van der Waals surface area contributed by atoms with Crippen molar-refractivity contribution >= 4 is 32.9 Å². The summed E-state index contributed by atoms with van der Waals surface area (Å²) < 4.78 is 47.9. The first-order valence-corrected chi connectivity index (χ1v) is 10.4. The van der Waals surface area contributed by atoms with Crippen LogP contribution in [0.2, 0.25) is 0 Å². The molecule has 4 rings (SSSR count). The van der Waals surface area contributed by atoms with Crippen LogP contribution >= 0.6 is 15.9 Å². The molecule has 152 valence electrons. The third kappa shape index (κ3) is 4.09. The molecule has 3 heterocycles. The zero-order valence-corrected chi connectivity index (χ0v) is 17.8. The van der Waals surface area contributed by atoms with Crippen molar-refractivity contribution in [3.63, 3.8) is 0 Å². The summed E-state index contributed by atoms with van der Waals surface area (Å²) in [6, 6.07) is 10.8. The summed E-state index contributed by atoms with van der Waals surface area (Å²) in [6.45, 7) is -3.42. The molecule has 0 radical (unpaired) electrons. The molecule has 3 aromatic rings. The van der Waals surface area contributed by atoms with Crippen LogP contribution in [0.25, 0.3) is 11.0 Å². The van der Waals surface area contributed by atoms with Crippen molar-refractivity contribution in [3.05, 3.63) is 63.9 Å². The van der Waals surface area contributed by atoms with Gasteiger partial charge in [-0.3, -0.25) is 9.69 Å². The Morgan fingerprint density at radius 2 is 1.97 bits per heavy atom. The van der Waals surface area contributed by atoms with Gasteiger partial charge in [-0.25, -0.2) is 4.98 Å². The van der Waals surface area contributed by atoms with Crippen LogP contribution in [-0.4, -0.2) is 52.3 Å². The number of likely N-dealkylation sites (tertiary alicyclic amines) is 1. The Labute approximate surface area is 188 Å². The number of aryl methyl sites for hydroxylation is 1. The van der Waals surface area contributed by atoms with Gasteiger partial charge in [0.05, 0.1) is 0 Å². The van der Waals surface area contributed by atoms with Gasteiger partial charge in [-0.1, -0.05) is 12.1 Å². The average Bonchev–Trinajstić information content (AvgIpc) is 3.09. The van der Waals surface area contributed by atoms with Crippen LogP contribution < -0.4 is 0 Å². The molecular formula is C23H27BrN4O. The Kier molecular flexibility index (Phi) is 3.98. The molecule has 1 aromatic carbocycles. The number of fused-ring (bicyclic) bond motifs is 1. The summed E-state index contributed by atoms with van der Waals surface area (Å²) in [5, 5.41) is 1.10. The van der Waals surface area contributed by atoms with Crippen LogP contribution in [0.1, 0.15) is 48.6 Å². The van der Waals surface area contributed by atoms with E-state index in [9.17, 15) is 4.79 Å². The maximum absolute atomic E-state index is 12.6. The third-order valence-electron chi connectivity index (χ3n) is 5.78. The van der Waals surface area contributed by atoms with Crippen molar-refractivity contribution in [3.8, 4) is 0 Å². The Morgan fingerprint density at radius 1 is 1.24 bits per heavy atom. The number of nitrogens with zero attached hydrogens (tertiary/aromatic N) is 4. The van der Waals surface area contributed by atoms with E-state index in [4.69, 9.17) is 8.22 Å². The van der Waals surface area contributed by atoms with E-state index in [1.54, 1.807) is 18.3 Å². The largest absolute Gasteiger partial charge is 0.345 e. The van der Waals surface area contributed by atoms with Crippen molar-refractivity contribution in [2.75, 3.05) is 27.0 Å². The normalized spacial score (nSPS) is 19.7. The minimum Gasteiger partial charge on any atom is -0.345 e. The molecule has 29 heavy (non-hydrogen) atoms. The van der Waals surface area contributed by atoms with Gasteiger partial charge >= 0.3 is 0 Å². The molecule has 5 nitrogen and oxygen atoms in total. The summed E-state index contributed by atoms with van der Waals surface area (Å²) in [5.41, 5.74) is 3.27. The molecule has 0 unspecified atom stereocenters. The minimum atomic E-state index is -3.05. The Hall–Kier alpha value is -2.18. The number of piperidine rings is 1. The summed E-state index contributed by atoms with van der Waals surface area (Å²) >= 11 is 3.60. The number of benzene rings is 1. The molecule has 1 saturated heterocycles. The van der Waals surface area contributed by atoms with E-state index < -0.39 is 19.9 Å². The topological polar surface area (TPSA) is 41.4 Å². The molecule has 2 aromatic heterocycles. The molecule has 0 saturated carbocycles. The molecule has 1 aliphatic rings. The second kappa shape index (κ2) is 8.28. The molecule has 1 fully saturated rings. The molecule has 1 aliphatic heterocycles. The van der Waals surface area contributed by atoms with E-state index in [2.05, 4.69) is 36.4 Å². The third-order valence-corrected chi connectivity index (χ3v) is 6.47. The van der Waals surface area contributed by atoms with Crippen LogP contribution in [0.15, 0.2) is 47.1 Å². The number of pyridine rings is 1. The highest BCUT2D eigenvalue weighted by Gasteiger charge is 2.22. The molecule has 0 spiro atoms. The maximum Gasteiger partial charge on any atom is 0.253 e. The molecule has 1 amide bonds. The fourth-order valence-corrected chi connectivity index (χ4v) is 4.48. The van der Waals surface area contributed by atoms with Gasteiger partial charge < -0.3 is 9.47 Å². The highest BCUT2D eigenvalue weighted by Crippen LogP contribution is 2.30. The van der Waals surface area contributed by atoms with Gasteiger partial charge in [0.1, 0.15) is 5.65 Å². The minimum absolute atomic E-state index is 0.00539. The van der Waals surface area contributed by atoms with Gasteiger partial charge in [0.25, 0.3) is 5.91 Å². The first-order chi connectivity index (χ1) is 16.4. The van der Waals surface area contributed by atoms with Gasteiger partial charge in [0, 0.05) is 63.1 Å². The second-order valence-corrected chi connectivity index (χ2v) is 8.39. The molecule has 0 aliphatic carbocycles. The van der Waals surface area contributed by atoms with Crippen molar-refractivity contribution < 1.29 is 13.0 Å². The molecule has 0 bridgehead atoms. The first-order valence-electron chi connectivity index (χ1n) is 12.6. The average molecular weight is 461 g/mol. The highest BCUT2D eigenvalue weighted by molar-refractivity contribution is 9.10. The van der Waals surface area contributed by atoms with Crippen molar-refractivity contribution in [1.82, 2.24) is 19.4 Å². The first kappa shape index (κ1) is 13.9. The quantitative estimate of drug-likeness (QED) is 0.578. The van der Waals surface area contributed by atoms with Crippen LogP contribution in [0.5, 0.6) is 0 Å². The van der Waals surface area contributed by atoms with Gasteiger partial charge in [0.2, 0.25) is 0 Å². The van der Waals surface area contributed by atoms with Crippen molar-refractivity contribution in [1.29, 1.82) is 0 Å². The standard InChI is InChI=1S/C23H27BrN4O/c1-26(2)23(29)18-6-4-16(5-7-18)17-9-12-28(13-10-17)15-19-14-20-21(24)8-11-25-22(20)27(19)3/h4-8,11,14,17H,9-10,12-13,15H2,1-3H3/i1D3,2D3. The molecule has 0 N–H and O–H groups in total. The lowest BCUT2D eigenvalue weighted by Crippen LogP contribution is -2.33. The second-order valence-electron chi connectivity index (χ2n) is 7.54. The van der Waals surface area contributed by atoms with Gasteiger partial charge in [-0.05, 0) is 77.6 Å². The lowest BCUT2D eigenvalue weighted by atomic mass is 9.89. The van der Waals surface area contributed by atoms with E-state index in [-0.39, 0.29) is 10.5 Å². The zero-order chi connectivity index (χ0) is 25.5. The van der Waals surface area contributed by atoms with Gasteiger partial charge in [0.15, 0.2) is 0 Å². The number of halogens is 1. The number of aromatic nitrogens is 2. The van der Waals surface area contributed by atoms with Crippen LogP contribution in [0, 0.1) is 0 Å². The molecule has 0 atom stereocenters. The smallest absolute Gasteiger partial charge is 0.253 e. The maximum atomic E-state index is 12.6. The number of rotatable bonds is 4. The van der Waals surface area contributed by atoms with Crippen molar-refractivity contribution in [2.45, 2.75) is 25.3 Å². The zero-order valence-electron chi connectivity index (χ0n) is 22.2. The lowest BCUT2D eigenvalue weighted by Gasteiger charge is -2.32.